The molecule has 1 atom stereocenters. The van der Waals surface area contributed by atoms with Gasteiger partial charge in [-0.3, -0.25) is 4.79 Å². The standard InChI is InChI=1S/C14H28N2O/c1-12(11-15)9-10-14(17)16(2)13-7-5-3-4-6-8-13/h12-13H,3-11,15H2,1-2H3. The van der Waals surface area contributed by atoms with Crippen molar-refractivity contribution in [2.24, 2.45) is 11.7 Å². The molecule has 3 nitrogen and oxygen atoms in total. The van der Waals surface area contributed by atoms with E-state index < -0.39 is 0 Å². The fraction of sp³-hybridized carbons (Fsp3) is 0.929. The van der Waals surface area contributed by atoms with Crippen LogP contribution in [0.5, 0.6) is 0 Å². The first-order valence-corrected chi connectivity index (χ1v) is 7.11. The maximum Gasteiger partial charge on any atom is 0.222 e. The SMILES string of the molecule is CC(CN)CCC(=O)N(C)C1CCCCCC1. The van der Waals surface area contributed by atoms with Crippen molar-refractivity contribution in [2.75, 3.05) is 13.6 Å². The van der Waals surface area contributed by atoms with Gasteiger partial charge in [0.1, 0.15) is 0 Å². The Hall–Kier alpha value is -0.570. The molecular formula is C14H28N2O. The fourth-order valence-electron chi connectivity index (χ4n) is 2.51. The number of nitrogens with zero attached hydrogens (tertiary/aromatic N) is 1. The topological polar surface area (TPSA) is 46.3 Å². The number of hydrogen-bond acceptors (Lipinski definition) is 2. The van der Waals surface area contributed by atoms with Gasteiger partial charge >= 0.3 is 0 Å². The zero-order valence-corrected chi connectivity index (χ0v) is 11.5. The van der Waals surface area contributed by atoms with E-state index in [-0.39, 0.29) is 0 Å². The number of amides is 1. The van der Waals surface area contributed by atoms with Crippen LogP contribution in [0.3, 0.4) is 0 Å². The zero-order chi connectivity index (χ0) is 12.7. The Bertz CT molecular complexity index is 222. The highest BCUT2D eigenvalue weighted by Gasteiger charge is 2.20. The Morgan fingerprint density at radius 1 is 1.29 bits per heavy atom. The van der Waals surface area contributed by atoms with E-state index in [1.807, 2.05) is 11.9 Å². The molecule has 1 aliphatic rings. The van der Waals surface area contributed by atoms with Crippen LogP contribution < -0.4 is 5.73 Å². The molecule has 0 aromatic carbocycles. The van der Waals surface area contributed by atoms with E-state index in [0.29, 0.717) is 30.8 Å². The Kier molecular flexibility index (Phi) is 6.56. The normalized spacial score (nSPS) is 19.7. The second kappa shape index (κ2) is 7.70. The highest BCUT2D eigenvalue weighted by molar-refractivity contribution is 5.76. The van der Waals surface area contributed by atoms with E-state index in [2.05, 4.69) is 6.92 Å². The lowest BCUT2D eigenvalue weighted by Crippen LogP contribution is -2.36. The third kappa shape index (κ3) is 5.07. The molecule has 3 heteroatoms. The summed E-state index contributed by atoms with van der Waals surface area (Å²) in [6, 6.07) is 0.484. The Balaban J connectivity index is 2.33. The molecule has 17 heavy (non-hydrogen) atoms. The summed E-state index contributed by atoms with van der Waals surface area (Å²) in [5.74, 6) is 0.763. The molecule has 0 aliphatic heterocycles. The maximum absolute atomic E-state index is 12.1. The lowest BCUT2D eigenvalue weighted by Gasteiger charge is -2.27. The van der Waals surface area contributed by atoms with Gasteiger partial charge in [0, 0.05) is 19.5 Å². The van der Waals surface area contributed by atoms with Crippen LogP contribution in [0.2, 0.25) is 0 Å². The molecule has 1 rings (SSSR count). The van der Waals surface area contributed by atoms with Crippen LogP contribution in [0.4, 0.5) is 0 Å². The lowest BCUT2D eigenvalue weighted by molar-refractivity contribution is -0.132. The van der Waals surface area contributed by atoms with Crippen molar-refractivity contribution in [2.45, 2.75) is 64.3 Å². The minimum absolute atomic E-state index is 0.303. The van der Waals surface area contributed by atoms with Crippen LogP contribution in [0, 0.1) is 5.92 Å². The van der Waals surface area contributed by atoms with Crippen LogP contribution in [-0.4, -0.2) is 30.4 Å². The predicted octanol–water partition coefficient (Wildman–Crippen LogP) is 2.54. The molecule has 0 spiro atoms. The van der Waals surface area contributed by atoms with E-state index in [1.54, 1.807) is 0 Å². The summed E-state index contributed by atoms with van der Waals surface area (Å²) in [5.41, 5.74) is 5.57. The fourth-order valence-corrected chi connectivity index (χ4v) is 2.51. The first-order chi connectivity index (χ1) is 8.15. The molecule has 1 unspecified atom stereocenters. The van der Waals surface area contributed by atoms with Crippen molar-refractivity contribution < 1.29 is 4.79 Å². The molecule has 0 saturated heterocycles. The van der Waals surface area contributed by atoms with Gasteiger partial charge in [0.2, 0.25) is 5.91 Å². The number of carbonyl (C=O) groups excluding carboxylic acids is 1. The van der Waals surface area contributed by atoms with E-state index in [1.165, 1.54) is 38.5 Å². The average Bonchev–Trinajstić information content (AvgIpc) is 2.63. The molecule has 0 heterocycles. The molecule has 1 fully saturated rings. The van der Waals surface area contributed by atoms with E-state index >= 15 is 0 Å². The first-order valence-electron chi connectivity index (χ1n) is 7.11. The second-order valence-corrected chi connectivity index (χ2v) is 5.53. The summed E-state index contributed by atoms with van der Waals surface area (Å²) < 4.78 is 0. The van der Waals surface area contributed by atoms with Gasteiger partial charge < -0.3 is 10.6 Å². The second-order valence-electron chi connectivity index (χ2n) is 5.53. The van der Waals surface area contributed by atoms with Crippen molar-refractivity contribution >= 4 is 5.91 Å². The van der Waals surface area contributed by atoms with Crippen LogP contribution in [-0.2, 0) is 4.79 Å². The summed E-state index contributed by atoms with van der Waals surface area (Å²) in [4.78, 5) is 14.1. The van der Waals surface area contributed by atoms with Crippen LogP contribution >= 0.6 is 0 Å². The molecule has 100 valence electrons. The van der Waals surface area contributed by atoms with E-state index in [9.17, 15) is 4.79 Å². The van der Waals surface area contributed by atoms with Crippen molar-refractivity contribution in [1.82, 2.24) is 4.90 Å². The summed E-state index contributed by atoms with van der Waals surface area (Å²) in [6.45, 7) is 2.79. The molecule has 0 aromatic heterocycles. The minimum Gasteiger partial charge on any atom is -0.343 e. The Labute approximate surface area is 106 Å². The van der Waals surface area contributed by atoms with Gasteiger partial charge in [0.05, 0.1) is 0 Å². The minimum atomic E-state index is 0.303. The van der Waals surface area contributed by atoms with Crippen molar-refractivity contribution in [3.8, 4) is 0 Å². The molecular weight excluding hydrogens is 212 g/mol. The molecule has 0 aromatic rings. The largest absolute Gasteiger partial charge is 0.343 e. The molecule has 1 saturated carbocycles. The highest BCUT2D eigenvalue weighted by Crippen LogP contribution is 2.21. The monoisotopic (exact) mass is 240 g/mol. The van der Waals surface area contributed by atoms with Crippen molar-refractivity contribution in [1.29, 1.82) is 0 Å². The third-order valence-corrected chi connectivity index (χ3v) is 4.02. The quantitative estimate of drug-likeness (QED) is 0.751. The van der Waals surface area contributed by atoms with Crippen LogP contribution in [0.1, 0.15) is 58.3 Å². The van der Waals surface area contributed by atoms with Crippen molar-refractivity contribution in [3.63, 3.8) is 0 Å². The van der Waals surface area contributed by atoms with Gasteiger partial charge in [-0.25, -0.2) is 0 Å². The number of nitrogens with two attached hydrogens (primary N) is 1. The smallest absolute Gasteiger partial charge is 0.222 e. The summed E-state index contributed by atoms with van der Waals surface area (Å²) in [7, 11) is 1.98. The van der Waals surface area contributed by atoms with Gasteiger partial charge in [0.25, 0.3) is 0 Å². The number of hydrogen-bond donors (Lipinski definition) is 1. The first kappa shape index (κ1) is 14.5. The summed E-state index contributed by atoms with van der Waals surface area (Å²) in [5, 5.41) is 0. The molecule has 1 aliphatic carbocycles. The average molecular weight is 240 g/mol. The van der Waals surface area contributed by atoms with E-state index in [4.69, 9.17) is 5.73 Å². The predicted molar refractivity (Wildman–Crippen MR) is 71.7 cm³/mol. The van der Waals surface area contributed by atoms with Gasteiger partial charge in [-0.15, -0.1) is 0 Å². The molecule has 0 radical (unpaired) electrons. The van der Waals surface area contributed by atoms with Gasteiger partial charge in [0.15, 0.2) is 0 Å². The van der Waals surface area contributed by atoms with Gasteiger partial charge in [-0.05, 0) is 31.7 Å². The Morgan fingerprint density at radius 3 is 2.41 bits per heavy atom. The van der Waals surface area contributed by atoms with Gasteiger partial charge in [-0.1, -0.05) is 32.6 Å². The Morgan fingerprint density at radius 2 is 1.88 bits per heavy atom. The zero-order valence-electron chi connectivity index (χ0n) is 11.5. The highest BCUT2D eigenvalue weighted by atomic mass is 16.2. The molecule has 1 amide bonds. The third-order valence-electron chi connectivity index (χ3n) is 4.02. The molecule has 2 N–H and O–H groups in total. The van der Waals surface area contributed by atoms with Crippen molar-refractivity contribution in [3.05, 3.63) is 0 Å². The maximum atomic E-state index is 12.1. The summed E-state index contributed by atoms with van der Waals surface area (Å²) >= 11 is 0. The van der Waals surface area contributed by atoms with Crippen LogP contribution in [0.15, 0.2) is 0 Å². The lowest BCUT2D eigenvalue weighted by atomic mass is 10.0. The number of carbonyl (C=O) groups is 1. The number of rotatable bonds is 5. The molecule has 0 bridgehead atoms. The van der Waals surface area contributed by atoms with E-state index in [0.717, 1.165) is 6.42 Å². The van der Waals surface area contributed by atoms with Gasteiger partial charge in [-0.2, -0.15) is 0 Å². The van der Waals surface area contributed by atoms with Crippen LogP contribution in [0.25, 0.3) is 0 Å². The summed E-state index contributed by atoms with van der Waals surface area (Å²) in [6.07, 6.45) is 9.19.